The first kappa shape index (κ1) is 18.6. The molecule has 0 bridgehead atoms. The standard InChI is InChI=1S/C17H19NO6S/c1-18(13-7-5-12(6-8-13)17(19)24-4)25(20,21)14-9-10-15(22-2)16(11-14)23-3/h5-11H,1-4H3. The van der Waals surface area contributed by atoms with Crippen molar-refractivity contribution >= 4 is 21.7 Å². The molecule has 0 aliphatic rings. The summed E-state index contributed by atoms with van der Waals surface area (Å²) in [6.45, 7) is 0. The predicted octanol–water partition coefficient (Wildman–Crippen LogP) is 2.32. The Kier molecular flexibility index (Phi) is 5.53. The van der Waals surface area contributed by atoms with E-state index in [0.717, 1.165) is 4.31 Å². The van der Waals surface area contributed by atoms with Gasteiger partial charge in [-0.2, -0.15) is 0 Å². The summed E-state index contributed by atoms with van der Waals surface area (Å²) < 4.78 is 41.6. The third-order valence-corrected chi connectivity index (χ3v) is 5.45. The number of esters is 1. The van der Waals surface area contributed by atoms with Crippen molar-refractivity contribution in [1.82, 2.24) is 0 Å². The molecule has 0 spiro atoms. The van der Waals surface area contributed by atoms with Crippen LogP contribution < -0.4 is 13.8 Å². The zero-order chi connectivity index (χ0) is 18.6. The third-order valence-electron chi connectivity index (χ3n) is 3.67. The number of carbonyl (C=O) groups is 1. The molecule has 0 saturated carbocycles. The quantitative estimate of drug-likeness (QED) is 0.731. The molecule has 0 N–H and O–H groups in total. The average Bonchev–Trinajstić information content (AvgIpc) is 2.66. The van der Waals surface area contributed by atoms with Crippen molar-refractivity contribution in [3.8, 4) is 11.5 Å². The zero-order valence-corrected chi connectivity index (χ0v) is 15.2. The zero-order valence-electron chi connectivity index (χ0n) is 14.3. The number of nitrogens with zero attached hydrogens (tertiary/aromatic N) is 1. The highest BCUT2D eigenvalue weighted by Crippen LogP contribution is 2.31. The van der Waals surface area contributed by atoms with Gasteiger partial charge in [0.1, 0.15) is 0 Å². The van der Waals surface area contributed by atoms with Crippen LogP contribution in [0.3, 0.4) is 0 Å². The van der Waals surface area contributed by atoms with Gasteiger partial charge in [0.05, 0.1) is 37.5 Å². The van der Waals surface area contributed by atoms with E-state index in [9.17, 15) is 13.2 Å². The number of carbonyl (C=O) groups excluding carboxylic acids is 1. The third kappa shape index (κ3) is 3.69. The topological polar surface area (TPSA) is 82.1 Å². The number of sulfonamides is 1. The molecule has 8 heteroatoms. The van der Waals surface area contributed by atoms with Gasteiger partial charge in [0, 0.05) is 13.1 Å². The van der Waals surface area contributed by atoms with Crippen LogP contribution in [0.25, 0.3) is 0 Å². The highest BCUT2D eigenvalue weighted by molar-refractivity contribution is 7.92. The number of anilines is 1. The first-order chi connectivity index (χ1) is 11.8. The van der Waals surface area contributed by atoms with Crippen LogP contribution in [0.15, 0.2) is 47.4 Å². The minimum absolute atomic E-state index is 0.0599. The summed E-state index contributed by atoms with van der Waals surface area (Å²) in [5, 5.41) is 0. The highest BCUT2D eigenvalue weighted by Gasteiger charge is 2.23. The van der Waals surface area contributed by atoms with Gasteiger partial charge in [0.25, 0.3) is 10.0 Å². The summed E-state index contributed by atoms with van der Waals surface area (Å²) in [4.78, 5) is 11.5. The van der Waals surface area contributed by atoms with Crippen molar-refractivity contribution in [2.24, 2.45) is 0 Å². The van der Waals surface area contributed by atoms with E-state index in [4.69, 9.17) is 9.47 Å². The van der Waals surface area contributed by atoms with Crippen molar-refractivity contribution in [3.63, 3.8) is 0 Å². The molecule has 0 radical (unpaired) electrons. The van der Waals surface area contributed by atoms with Gasteiger partial charge < -0.3 is 14.2 Å². The molecule has 0 aliphatic carbocycles. The Labute approximate surface area is 146 Å². The molecular formula is C17H19NO6S. The molecule has 2 aromatic rings. The molecule has 134 valence electrons. The summed E-state index contributed by atoms with van der Waals surface area (Å²) in [6.07, 6.45) is 0. The van der Waals surface area contributed by atoms with Gasteiger partial charge >= 0.3 is 5.97 Å². The number of benzene rings is 2. The van der Waals surface area contributed by atoms with Gasteiger partial charge in [0.15, 0.2) is 11.5 Å². The lowest BCUT2D eigenvalue weighted by Gasteiger charge is -2.20. The monoisotopic (exact) mass is 365 g/mol. The van der Waals surface area contributed by atoms with Crippen LogP contribution in [0.2, 0.25) is 0 Å². The van der Waals surface area contributed by atoms with Crippen LogP contribution in [-0.4, -0.2) is 42.8 Å². The van der Waals surface area contributed by atoms with Crippen molar-refractivity contribution in [3.05, 3.63) is 48.0 Å². The molecule has 7 nitrogen and oxygen atoms in total. The lowest BCUT2D eigenvalue weighted by atomic mass is 10.2. The second-order valence-electron chi connectivity index (χ2n) is 5.03. The fourth-order valence-corrected chi connectivity index (χ4v) is 3.41. The van der Waals surface area contributed by atoms with Gasteiger partial charge in [-0.1, -0.05) is 0 Å². The Bertz CT molecular complexity index is 861. The number of methoxy groups -OCH3 is 3. The van der Waals surface area contributed by atoms with Gasteiger partial charge in [-0.3, -0.25) is 4.31 Å². The van der Waals surface area contributed by atoms with Gasteiger partial charge in [-0.15, -0.1) is 0 Å². The Hall–Kier alpha value is -2.74. The van der Waals surface area contributed by atoms with Crippen LogP contribution in [0, 0.1) is 0 Å². The molecule has 2 rings (SSSR count). The van der Waals surface area contributed by atoms with E-state index in [1.54, 1.807) is 0 Å². The fourth-order valence-electron chi connectivity index (χ4n) is 2.20. The number of rotatable bonds is 6. The lowest BCUT2D eigenvalue weighted by molar-refractivity contribution is 0.0600. The van der Waals surface area contributed by atoms with E-state index in [1.165, 1.54) is 70.8 Å². The molecule has 0 heterocycles. The number of hydrogen-bond acceptors (Lipinski definition) is 6. The van der Waals surface area contributed by atoms with Gasteiger partial charge in [-0.05, 0) is 36.4 Å². The van der Waals surface area contributed by atoms with E-state index in [-0.39, 0.29) is 4.90 Å². The largest absolute Gasteiger partial charge is 0.493 e. The maximum absolute atomic E-state index is 12.8. The van der Waals surface area contributed by atoms with E-state index in [2.05, 4.69) is 4.74 Å². The Morgan fingerprint density at radius 1 is 0.920 bits per heavy atom. The molecule has 0 atom stereocenters. The molecule has 2 aromatic carbocycles. The Morgan fingerprint density at radius 2 is 1.52 bits per heavy atom. The minimum Gasteiger partial charge on any atom is -0.493 e. The van der Waals surface area contributed by atoms with Crippen LogP contribution in [0.4, 0.5) is 5.69 Å². The van der Waals surface area contributed by atoms with Crippen molar-refractivity contribution < 1.29 is 27.4 Å². The number of ether oxygens (including phenoxy) is 3. The Morgan fingerprint density at radius 3 is 2.04 bits per heavy atom. The predicted molar refractivity (Wildman–Crippen MR) is 92.9 cm³/mol. The van der Waals surface area contributed by atoms with E-state index in [1.807, 2.05) is 0 Å². The van der Waals surface area contributed by atoms with Crippen molar-refractivity contribution in [1.29, 1.82) is 0 Å². The molecular weight excluding hydrogens is 346 g/mol. The molecule has 0 saturated heterocycles. The number of hydrogen-bond donors (Lipinski definition) is 0. The first-order valence-electron chi connectivity index (χ1n) is 7.24. The Balaban J connectivity index is 2.37. The van der Waals surface area contributed by atoms with Gasteiger partial charge in [-0.25, -0.2) is 13.2 Å². The summed E-state index contributed by atoms with van der Waals surface area (Å²) in [6, 6.07) is 10.4. The maximum Gasteiger partial charge on any atom is 0.337 e. The molecule has 0 amide bonds. The second-order valence-corrected chi connectivity index (χ2v) is 7.00. The maximum atomic E-state index is 12.8. The molecule has 0 unspecified atom stereocenters. The van der Waals surface area contributed by atoms with E-state index < -0.39 is 16.0 Å². The van der Waals surface area contributed by atoms with Gasteiger partial charge in [0.2, 0.25) is 0 Å². The van der Waals surface area contributed by atoms with Crippen LogP contribution in [0.5, 0.6) is 11.5 Å². The van der Waals surface area contributed by atoms with Crippen LogP contribution in [0.1, 0.15) is 10.4 Å². The SMILES string of the molecule is COC(=O)c1ccc(N(C)S(=O)(=O)c2ccc(OC)c(OC)c2)cc1. The highest BCUT2D eigenvalue weighted by atomic mass is 32.2. The summed E-state index contributed by atoms with van der Waals surface area (Å²) in [5.41, 5.74) is 0.741. The van der Waals surface area contributed by atoms with E-state index >= 15 is 0 Å². The average molecular weight is 365 g/mol. The molecule has 0 aromatic heterocycles. The molecule has 0 fully saturated rings. The van der Waals surface area contributed by atoms with Crippen molar-refractivity contribution in [2.45, 2.75) is 4.90 Å². The molecule has 25 heavy (non-hydrogen) atoms. The fraction of sp³-hybridized carbons (Fsp3) is 0.235. The van der Waals surface area contributed by atoms with Crippen LogP contribution >= 0.6 is 0 Å². The normalized spacial score (nSPS) is 10.9. The van der Waals surface area contributed by atoms with Crippen LogP contribution in [-0.2, 0) is 14.8 Å². The van der Waals surface area contributed by atoms with Crippen molar-refractivity contribution in [2.75, 3.05) is 32.7 Å². The summed E-state index contributed by atoms with van der Waals surface area (Å²) in [5.74, 6) is 0.265. The minimum atomic E-state index is -3.81. The summed E-state index contributed by atoms with van der Waals surface area (Å²) in [7, 11) is 1.81. The first-order valence-corrected chi connectivity index (χ1v) is 8.68. The second kappa shape index (κ2) is 7.43. The smallest absolute Gasteiger partial charge is 0.337 e. The molecule has 0 aliphatic heterocycles. The van der Waals surface area contributed by atoms with E-state index in [0.29, 0.717) is 22.7 Å². The summed E-state index contributed by atoms with van der Waals surface area (Å²) >= 11 is 0. The lowest BCUT2D eigenvalue weighted by Crippen LogP contribution is -2.26.